The third-order valence-corrected chi connectivity index (χ3v) is 4.48. The van der Waals surface area contributed by atoms with Crippen LogP contribution in [-0.4, -0.2) is 29.3 Å². The molecule has 0 radical (unpaired) electrons. The van der Waals surface area contributed by atoms with E-state index in [1.807, 2.05) is 37.3 Å². The molecule has 29 heavy (non-hydrogen) atoms. The van der Waals surface area contributed by atoms with Crippen LogP contribution in [0.1, 0.15) is 30.4 Å². The van der Waals surface area contributed by atoms with Gasteiger partial charge in [-0.15, -0.1) is 0 Å². The van der Waals surface area contributed by atoms with Crippen LogP contribution in [0.3, 0.4) is 0 Å². The van der Waals surface area contributed by atoms with Crippen molar-refractivity contribution in [3.8, 4) is 23.0 Å². The lowest BCUT2D eigenvalue weighted by atomic mass is 10.1. The Labute approximate surface area is 170 Å². The quantitative estimate of drug-likeness (QED) is 0.538. The van der Waals surface area contributed by atoms with Gasteiger partial charge in [-0.05, 0) is 44.0 Å². The van der Waals surface area contributed by atoms with E-state index in [1.165, 1.54) is 0 Å². The highest BCUT2D eigenvalue weighted by molar-refractivity contribution is 5.69. The Balaban J connectivity index is 1.54. The summed E-state index contributed by atoms with van der Waals surface area (Å²) in [5.74, 6) is 1.76. The first kappa shape index (κ1) is 20.5. The van der Waals surface area contributed by atoms with Crippen molar-refractivity contribution in [3.63, 3.8) is 0 Å². The summed E-state index contributed by atoms with van der Waals surface area (Å²) < 4.78 is 16.4. The molecule has 0 spiro atoms. The minimum atomic E-state index is -0.273. The molecular formula is C23H25NO5. The number of hydrogen-bond acceptors (Lipinski definition) is 6. The highest BCUT2D eigenvalue weighted by atomic mass is 16.5. The van der Waals surface area contributed by atoms with Crippen molar-refractivity contribution in [2.24, 2.45) is 0 Å². The van der Waals surface area contributed by atoms with E-state index >= 15 is 0 Å². The molecule has 0 fully saturated rings. The van der Waals surface area contributed by atoms with Crippen LogP contribution in [-0.2, 0) is 22.4 Å². The molecule has 0 atom stereocenters. The van der Waals surface area contributed by atoms with Crippen molar-refractivity contribution in [1.29, 1.82) is 0 Å². The number of esters is 1. The smallest absolute Gasteiger partial charge is 0.306 e. The molecule has 0 bridgehead atoms. The topological polar surface area (TPSA) is 81.8 Å². The molecule has 1 aromatic heterocycles. The lowest BCUT2D eigenvalue weighted by Crippen LogP contribution is -2.05. The van der Waals surface area contributed by atoms with Gasteiger partial charge in [-0.25, -0.2) is 4.98 Å². The van der Waals surface area contributed by atoms with Gasteiger partial charge in [0, 0.05) is 24.5 Å². The summed E-state index contributed by atoms with van der Waals surface area (Å²) in [6.45, 7) is 4.42. The Morgan fingerprint density at radius 1 is 1.14 bits per heavy atom. The number of phenols is 1. The van der Waals surface area contributed by atoms with E-state index < -0.39 is 0 Å². The molecule has 1 heterocycles. The van der Waals surface area contributed by atoms with Crippen LogP contribution >= 0.6 is 0 Å². The van der Waals surface area contributed by atoms with Gasteiger partial charge in [-0.1, -0.05) is 24.3 Å². The Bertz CT molecular complexity index is 949. The van der Waals surface area contributed by atoms with Gasteiger partial charge in [0.25, 0.3) is 0 Å². The van der Waals surface area contributed by atoms with Crippen molar-refractivity contribution in [2.75, 3.05) is 13.2 Å². The maximum atomic E-state index is 11.4. The Morgan fingerprint density at radius 2 is 1.93 bits per heavy atom. The monoisotopic (exact) mass is 395 g/mol. The summed E-state index contributed by atoms with van der Waals surface area (Å²) in [7, 11) is 0. The fourth-order valence-corrected chi connectivity index (χ4v) is 2.94. The van der Waals surface area contributed by atoms with Crippen LogP contribution in [0.2, 0.25) is 0 Å². The number of carbonyl (C=O) groups excluding carboxylic acids is 1. The SMILES string of the molecule is CCOC(=O)CCc1ccc(OCCc2nc(-c3ccccc3)oc2C)cc1O. The van der Waals surface area contributed by atoms with Gasteiger partial charge in [0.1, 0.15) is 17.3 Å². The van der Waals surface area contributed by atoms with Gasteiger partial charge in [0.15, 0.2) is 0 Å². The highest BCUT2D eigenvalue weighted by Crippen LogP contribution is 2.26. The number of aromatic hydroxyl groups is 1. The van der Waals surface area contributed by atoms with Crippen molar-refractivity contribution in [3.05, 3.63) is 65.5 Å². The van der Waals surface area contributed by atoms with Crippen LogP contribution in [0.5, 0.6) is 11.5 Å². The normalized spacial score (nSPS) is 10.7. The zero-order chi connectivity index (χ0) is 20.6. The Morgan fingerprint density at radius 3 is 2.66 bits per heavy atom. The Kier molecular flexibility index (Phi) is 6.89. The molecule has 0 aliphatic rings. The zero-order valence-electron chi connectivity index (χ0n) is 16.7. The maximum absolute atomic E-state index is 11.4. The average Bonchev–Trinajstić information content (AvgIpc) is 3.09. The van der Waals surface area contributed by atoms with Gasteiger partial charge in [0.05, 0.1) is 18.9 Å². The second-order valence-corrected chi connectivity index (χ2v) is 6.58. The number of ether oxygens (including phenoxy) is 2. The minimum Gasteiger partial charge on any atom is -0.508 e. The van der Waals surface area contributed by atoms with E-state index in [-0.39, 0.29) is 18.1 Å². The van der Waals surface area contributed by atoms with Crippen molar-refractivity contribution in [2.45, 2.75) is 33.1 Å². The van der Waals surface area contributed by atoms with Gasteiger partial charge in [-0.2, -0.15) is 0 Å². The fraction of sp³-hybridized carbons (Fsp3) is 0.304. The van der Waals surface area contributed by atoms with Crippen molar-refractivity contribution >= 4 is 5.97 Å². The van der Waals surface area contributed by atoms with E-state index in [1.54, 1.807) is 25.1 Å². The largest absolute Gasteiger partial charge is 0.508 e. The van der Waals surface area contributed by atoms with E-state index in [0.29, 0.717) is 43.3 Å². The molecule has 0 amide bonds. The number of rotatable bonds is 9. The standard InChI is InChI=1S/C23H25NO5/c1-3-27-22(26)12-10-17-9-11-19(15-21(17)25)28-14-13-20-16(2)29-23(24-20)18-7-5-4-6-8-18/h4-9,11,15,25H,3,10,12-14H2,1-2H3. The zero-order valence-corrected chi connectivity index (χ0v) is 16.7. The van der Waals surface area contributed by atoms with Crippen LogP contribution in [0, 0.1) is 6.92 Å². The molecule has 0 aliphatic carbocycles. The number of aryl methyl sites for hydroxylation is 2. The number of phenolic OH excluding ortho intramolecular Hbond substituents is 1. The molecule has 6 nitrogen and oxygen atoms in total. The third-order valence-electron chi connectivity index (χ3n) is 4.48. The summed E-state index contributed by atoms with van der Waals surface area (Å²) in [6, 6.07) is 14.9. The summed E-state index contributed by atoms with van der Waals surface area (Å²) in [4.78, 5) is 16.0. The number of aromatic nitrogens is 1. The molecule has 0 aliphatic heterocycles. The minimum absolute atomic E-state index is 0.107. The molecule has 3 aromatic rings. The first-order valence-electron chi connectivity index (χ1n) is 9.69. The van der Waals surface area contributed by atoms with Gasteiger partial charge in [0.2, 0.25) is 5.89 Å². The van der Waals surface area contributed by atoms with Crippen molar-refractivity contribution in [1.82, 2.24) is 4.98 Å². The first-order valence-corrected chi connectivity index (χ1v) is 9.69. The predicted molar refractivity (Wildman–Crippen MR) is 109 cm³/mol. The van der Waals surface area contributed by atoms with Crippen LogP contribution in [0.15, 0.2) is 52.9 Å². The molecule has 2 aromatic carbocycles. The van der Waals surface area contributed by atoms with Crippen LogP contribution in [0.25, 0.3) is 11.5 Å². The number of hydrogen-bond donors (Lipinski definition) is 1. The number of oxazole rings is 1. The van der Waals surface area contributed by atoms with E-state index in [9.17, 15) is 9.90 Å². The first-order chi connectivity index (χ1) is 14.1. The lowest BCUT2D eigenvalue weighted by molar-refractivity contribution is -0.143. The van der Waals surface area contributed by atoms with Crippen LogP contribution in [0.4, 0.5) is 0 Å². The van der Waals surface area contributed by atoms with E-state index in [0.717, 1.165) is 17.0 Å². The summed E-state index contributed by atoms with van der Waals surface area (Å²) >= 11 is 0. The maximum Gasteiger partial charge on any atom is 0.306 e. The number of carbonyl (C=O) groups is 1. The van der Waals surface area contributed by atoms with Crippen molar-refractivity contribution < 1.29 is 23.8 Å². The Hall–Kier alpha value is -3.28. The van der Waals surface area contributed by atoms with E-state index in [2.05, 4.69) is 4.98 Å². The summed E-state index contributed by atoms with van der Waals surface area (Å²) in [6.07, 6.45) is 1.25. The molecule has 0 saturated heterocycles. The predicted octanol–water partition coefficient (Wildman–Crippen LogP) is 4.47. The van der Waals surface area contributed by atoms with Gasteiger partial charge in [-0.3, -0.25) is 4.79 Å². The lowest BCUT2D eigenvalue weighted by Gasteiger charge is -2.09. The van der Waals surface area contributed by atoms with Gasteiger partial charge >= 0.3 is 5.97 Å². The molecular weight excluding hydrogens is 370 g/mol. The number of benzene rings is 2. The second kappa shape index (κ2) is 9.78. The summed E-state index contributed by atoms with van der Waals surface area (Å²) in [5, 5.41) is 10.2. The molecule has 1 N–H and O–H groups in total. The van der Waals surface area contributed by atoms with E-state index in [4.69, 9.17) is 13.9 Å². The number of nitrogens with zero attached hydrogens (tertiary/aromatic N) is 1. The molecule has 6 heteroatoms. The fourth-order valence-electron chi connectivity index (χ4n) is 2.94. The van der Waals surface area contributed by atoms with Crippen LogP contribution < -0.4 is 4.74 Å². The molecule has 3 rings (SSSR count). The molecule has 0 unspecified atom stereocenters. The molecule has 0 saturated carbocycles. The van der Waals surface area contributed by atoms with Gasteiger partial charge < -0.3 is 19.0 Å². The highest BCUT2D eigenvalue weighted by Gasteiger charge is 2.12. The summed E-state index contributed by atoms with van der Waals surface area (Å²) in [5.41, 5.74) is 2.47. The second-order valence-electron chi connectivity index (χ2n) is 6.58. The molecule has 152 valence electrons. The third kappa shape index (κ3) is 5.60. The average molecular weight is 395 g/mol.